The molecule has 0 bridgehead atoms. The summed E-state index contributed by atoms with van der Waals surface area (Å²) in [4.78, 5) is 17.3. The van der Waals surface area contributed by atoms with Crippen molar-refractivity contribution in [2.45, 2.75) is 0 Å². The Balaban J connectivity index is 1.53. The lowest BCUT2D eigenvalue weighted by molar-refractivity contribution is -0.129. The van der Waals surface area contributed by atoms with Gasteiger partial charge in [0.2, 0.25) is 5.90 Å². The lowest BCUT2D eigenvalue weighted by atomic mass is 10.1. The first-order valence-corrected chi connectivity index (χ1v) is 10.6. The van der Waals surface area contributed by atoms with Crippen molar-refractivity contribution in [1.29, 1.82) is 0 Å². The molecule has 0 aliphatic carbocycles. The molecule has 0 atom stereocenters. The van der Waals surface area contributed by atoms with Gasteiger partial charge >= 0.3 is 5.97 Å². The number of esters is 1. The number of aliphatic imine (C=N–C) groups is 1. The molecule has 0 N–H and O–H groups in total. The summed E-state index contributed by atoms with van der Waals surface area (Å²) in [5, 5.41) is 2.62. The Morgan fingerprint density at radius 2 is 1.83 bits per heavy atom. The molecule has 1 aliphatic heterocycles. The lowest BCUT2D eigenvalue weighted by Crippen LogP contribution is -2.10. The smallest absolute Gasteiger partial charge is 0.363 e. The average Bonchev–Trinajstić information content (AvgIpc) is 3.38. The molecule has 0 fully saturated rings. The van der Waals surface area contributed by atoms with Gasteiger partial charge < -0.3 is 14.2 Å². The summed E-state index contributed by atoms with van der Waals surface area (Å²) in [6.45, 7) is 0.572. The molecule has 1 aromatic heterocycles. The number of rotatable bonds is 7. The maximum Gasteiger partial charge on any atom is 0.363 e. The number of cyclic esters (lactones) is 1. The molecule has 1 aliphatic rings. The molecule has 2 heterocycles. The summed E-state index contributed by atoms with van der Waals surface area (Å²) in [5.41, 5.74) is 0.664. The molecule has 0 radical (unpaired) electrons. The van der Waals surface area contributed by atoms with E-state index in [1.807, 2.05) is 47.8 Å². The minimum atomic E-state index is -0.548. The van der Waals surface area contributed by atoms with E-state index in [1.165, 1.54) is 11.3 Å². The van der Waals surface area contributed by atoms with Gasteiger partial charge in [-0.2, -0.15) is 0 Å². The standard InChI is InChI=1S/C22H15Cl2NO4S/c23-15-11-14(12-18-22(26)29-21(25-18)19-7-4-10-30-19)20(17(24)13-15)28-9-8-27-16-5-2-1-3-6-16/h1-7,10-13H,8-9H2. The second-order valence-electron chi connectivity index (χ2n) is 6.13. The number of thiophene rings is 1. The minimum Gasteiger partial charge on any atom is -0.490 e. The van der Waals surface area contributed by atoms with Gasteiger partial charge in [-0.05, 0) is 41.8 Å². The highest BCUT2D eigenvalue weighted by Gasteiger charge is 2.25. The zero-order valence-corrected chi connectivity index (χ0v) is 17.8. The van der Waals surface area contributed by atoms with E-state index in [9.17, 15) is 4.79 Å². The number of hydrogen-bond donors (Lipinski definition) is 0. The first-order valence-electron chi connectivity index (χ1n) is 8.96. The minimum absolute atomic E-state index is 0.141. The Kier molecular flexibility index (Phi) is 6.38. The fraction of sp³-hybridized carbons (Fsp3) is 0.0909. The van der Waals surface area contributed by atoms with E-state index in [0.717, 1.165) is 10.6 Å². The van der Waals surface area contributed by atoms with E-state index in [2.05, 4.69) is 4.99 Å². The molecule has 0 unspecified atom stereocenters. The van der Waals surface area contributed by atoms with Gasteiger partial charge in [-0.15, -0.1) is 11.3 Å². The normalized spacial score (nSPS) is 14.5. The van der Waals surface area contributed by atoms with Crippen LogP contribution in [0, 0.1) is 0 Å². The summed E-state index contributed by atoms with van der Waals surface area (Å²) in [6.07, 6.45) is 1.55. The number of carbonyl (C=O) groups is 1. The summed E-state index contributed by atoms with van der Waals surface area (Å²) < 4.78 is 16.7. The first-order chi connectivity index (χ1) is 14.6. The first kappa shape index (κ1) is 20.5. The van der Waals surface area contributed by atoms with Crippen molar-refractivity contribution in [3.8, 4) is 11.5 Å². The predicted octanol–water partition coefficient (Wildman–Crippen LogP) is 5.86. The number of halogens is 2. The van der Waals surface area contributed by atoms with Gasteiger partial charge in [0, 0.05) is 10.6 Å². The molecular weight excluding hydrogens is 445 g/mol. The number of carbonyl (C=O) groups excluding carboxylic acids is 1. The molecule has 5 nitrogen and oxygen atoms in total. The molecular formula is C22H15Cl2NO4S. The zero-order valence-electron chi connectivity index (χ0n) is 15.5. The Morgan fingerprint density at radius 1 is 1.03 bits per heavy atom. The highest BCUT2D eigenvalue weighted by atomic mass is 35.5. The van der Waals surface area contributed by atoms with Gasteiger partial charge in [-0.25, -0.2) is 9.79 Å². The number of ether oxygens (including phenoxy) is 3. The van der Waals surface area contributed by atoms with Crippen molar-refractivity contribution in [2.24, 2.45) is 4.99 Å². The third-order valence-electron chi connectivity index (χ3n) is 4.02. The third-order valence-corrected chi connectivity index (χ3v) is 5.38. The van der Waals surface area contributed by atoms with Crippen LogP contribution in [0.4, 0.5) is 0 Å². The van der Waals surface area contributed by atoms with Crippen LogP contribution in [0.15, 0.2) is 70.7 Å². The second kappa shape index (κ2) is 9.34. The van der Waals surface area contributed by atoms with E-state index < -0.39 is 5.97 Å². The zero-order chi connectivity index (χ0) is 20.9. The Hall–Kier alpha value is -2.80. The topological polar surface area (TPSA) is 57.1 Å². The van der Waals surface area contributed by atoms with Crippen LogP contribution < -0.4 is 9.47 Å². The summed E-state index contributed by atoms with van der Waals surface area (Å²) in [6, 6.07) is 16.3. The van der Waals surface area contributed by atoms with Crippen molar-refractivity contribution < 1.29 is 19.0 Å². The van der Waals surface area contributed by atoms with E-state index in [1.54, 1.807) is 18.2 Å². The SMILES string of the molecule is O=C1OC(c2cccs2)=NC1=Cc1cc(Cl)cc(Cl)c1OCCOc1ccccc1. The Bertz CT molecular complexity index is 1110. The fourth-order valence-electron chi connectivity index (χ4n) is 2.72. The quantitative estimate of drug-likeness (QED) is 0.252. The molecule has 152 valence electrons. The molecule has 30 heavy (non-hydrogen) atoms. The van der Waals surface area contributed by atoms with Crippen LogP contribution in [0.25, 0.3) is 6.08 Å². The summed E-state index contributed by atoms with van der Waals surface area (Å²) in [7, 11) is 0. The number of hydrogen-bond acceptors (Lipinski definition) is 6. The monoisotopic (exact) mass is 459 g/mol. The maximum absolute atomic E-state index is 12.3. The van der Waals surface area contributed by atoms with Crippen LogP contribution in [-0.2, 0) is 9.53 Å². The van der Waals surface area contributed by atoms with Crippen molar-refractivity contribution >= 4 is 52.5 Å². The van der Waals surface area contributed by atoms with Gasteiger partial charge in [0.05, 0.1) is 9.90 Å². The fourth-order valence-corrected chi connectivity index (χ4v) is 3.93. The molecule has 0 saturated heterocycles. The van der Waals surface area contributed by atoms with Crippen LogP contribution in [0.3, 0.4) is 0 Å². The third kappa shape index (κ3) is 4.84. The molecule has 8 heteroatoms. The van der Waals surface area contributed by atoms with Crippen LogP contribution in [0.1, 0.15) is 10.4 Å². The van der Waals surface area contributed by atoms with E-state index in [0.29, 0.717) is 28.0 Å². The van der Waals surface area contributed by atoms with Crippen LogP contribution in [-0.4, -0.2) is 25.1 Å². The highest BCUT2D eigenvalue weighted by molar-refractivity contribution is 7.12. The lowest BCUT2D eigenvalue weighted by Gasteiger charge is -2.12. The molecule has 4 rings (SSSR count). The molecule has 3 aromatic rings. The molecule has 0 spiro atoms. The average molecular weight is 460 g/mol. The van der Waals surface area contributed by atoms with Gasteiger partial charge in [0.25, 0.3) is 0 Å². The summed E-state index contributed by atoms with van der Waals surface area (Å²) >= 11 is 13.9. The Labute approximate surface area is 187 Å². The molecule has 2 aromatic carbocycles. The van der Waals surface area contributed by atoms with Gasteiger partial charge in [-0.1, -0.05) is 47.5 Å². The predicted molar refractivity (Wildman–Crippen MR) is 119 cm³/mol. The van der Waals surface area contributed by atoms with Gasteiger partial charge in [-0.3, -0.25) is 0 Å². The Morgan fingerprint density at radius 3 is 2.60 bits per heavy atom. The van der Waals surface area contributed by atoms with Crippen LogP contribution in [0.2, 0.25) is 10.0 Å². The van der Waals surface area contributed by atoms with Gasteiger partial charge in [0.1, 0.15) is 24.7 Å². The van der Waals surface area contributed by atoms with Crippen molar-refractivity contribution in [3.05, 3.63) is 86.2 Å². The second-order valence-corrected chi connectivity index (χ2v) is 7.92. The van der Waals surface area contributed by atoms with Gasteiger partial charge in [0.15, 0.2) is 5.70 Å². The molecule has 0 amide bonds. The maximum atomic E-state index is 12.3. The largest absolute Gasteiger partial charge is 0.490 e. The van der Waals surface area contributed by atoms with Crippen LogP contribution >= 0.6 is 34.5 Å². The van der Waals surface area contributed by atoms with Crippen molar-refractivity contribution in [1.82, 2.24) is 0 Å². The van der Waals surface area contributed by atoms with E-state index in [-0.39, 0.29) is 18.2 Å². The highest BCUT2D eigenvalue weighted by Crippen LogP contribution is 2.35. The molecule has 0 saturated carbocycles. The van der Waals surface area contributed by atoms with Crippen LogP contribution in [0.5, 0.6) is 11.5 Å². The number of benzene rings is 2. The number of para-hydroxylation sites is 1. The van der Waals surface area contributed by atoms with E-state index >= 15 is 0 Å². The van der Waals surface area contributed by atoms with E-state index in [4.69, 9.17) is 37.4 Å². The van der Waals surface area contributed by atoms with Crippen molar-refractivity contribution in [2.75, 3.05) is 13.2 Å². The van der Waals surface area contributed by atoms with Crippen molar-refractivity contribution in [3.63, 3.8) is 0 Å². The summed E-state index contributed by atoms with van der Waals surface area (Å²) in [5.74, 6) is 0.855. The number of nitrogens with zero attached hydrogens (tertiary/aromatic N) is 1.